The van der Waals surface area contributed by atoms with E-state index >= 15 is 0 Å². The Bertz CT molecular complexity index is 763. The highest BCUT2D eigenvalue weighted by Crippen LogP contribution is 2.44. The predicted molar refractivity (Wildman–Crippen MR) is 89.8 cm³/mol. The molecule has 4 heterocycles. The average Bonchev–Trinajstić information content (AvgIpc) is 3.13. The maximum absolute atomic E-state index is 13.2. The molecule has 140 valence electrons. The molecule has 4 aliphatic heterocycles. The zero-order valence-electron chi connectivity index (χ0n) is 14.9. The van der Waals surface area contributed by atoms with Crippen LogP contribution in [0.2, 0.25) is 0 Å². The van der Waals surface area contributed by atoms with Crippen LogP contribution in [0.5, 0.6) is 11.5 Å². The molecule has 0 aromatic heterocycles. The first-order valence-corrected chi connectivity index (χ1v) is 9.16. The molecule has 26 heavy (non-hydrogen) atoms. The lowest BCUT2D eigenvalue weighted by Crippen LogP contribution is -2.47. The van der Waals surface area contributed by atoms with Crippen LogP contribution in [0.4, 0.5) is 0 Å². The zero-order valence-corrected chi connectivity index (χ0v) is 14.9. The second kappa shape index (κ2) is 5.58. The van der Waals surface area contributed by atoms with Crippen LogP contribution in [0.25, 0.3) is 0 Å². The maximum atomic E-state index is 13.2. The molecule has 1 N–H and O–H groups in total. The van der Waals surface area contributed by atoms with E-state index in [2.05, 4.69) is 0 Å². The van der Waals surface area contributed by atoms with Gasteiger partial charge in [0.05, 0.1) is 6.10 Å². The van der Waals surface area contributed by atoms with E-state index in [9.17, 15) is 9.90 Å². The number of nitrogens with zero attached hydrogens (tertiary/aromatic N) is 1. The molecular formula is C19H23NO6. The summed E-state index contributed by atoms with van der Waals surface area (Å²) < 4.78 is 22.8. The largest absolute Gasteiger partial charge is 0.454 e. The highest BCUT2D eigenvalue weighted by molar-refractivity contribution is 5.82. The molecule has 2 fully saturated rings. The molecule has 0 aliphatic carbocycles. The van der Waals surface area contributed by atoms with Gasteiger partial charge in [-0.3, -0.25) is 4.79 Å². The molecule has 7 nitrogen and oxygen atoms in total. The Kier molecular flexibility index (Phi) is 3.51. The smallest absolute Gasteiger partial charge is 0.254 e. The average molecular weight is 361 g/mol. The first-order valence-electron chi connectivity index (χ1n) is 9.16. The fraction of sp³-hybridized carbons (Fsp3) is 0.632. The van der Waals surface area contributed by atoms with Crippen LogP contribution in [0, 0.1) is 0 Å². The lowest BCUT2D eigenvalue weighted by atomic mass is 9.86. The molecule has 1 aromatic carbocycles. The Balaban J connectivity index is 1.58. The van der Waals surface area contributed by atoms with Crippen molar-refractivity contribution >= 4 is 5.91 Å². The Morgan fingerprint density at radius 1 is 1.19 bits per heavy atom. The second-order valence-electron chi connectivity index (χ2n) is 7.97. The minimum atomic E-state index is -0.879. The normalized spacial score (nSPS) is 34.6. The highest BCUT2D eigenvalue weighted by atomic mass is 16.8. The number of benzene rings is 1. The first-order chi connectivity index (χ1) is 12.4. The molecule has 1 amide bonds. The summed E-state index contributed by atoms with van der Waals surface area (Å²) in [6.45, 7) is 4.91. The summed E-state index contributed by atoms with van der Waals surface area (Å²) in [4.78, 5) is 15.0. The number of hydrogen-bond donors (Lipinski definition) is 1. The van der Waals surface area contributed by atoms with Gasteiger partial charge in [0.2, 0.25) is 6.79 Å². The molecule has 0 spiro atoms. The number of ether oxygens (including phenoxy) is 4. The van der Waals surface area contributed by atoms with E-state index in [0.29, 0.717) is 25.3 Å². The lowest BCUT2D eigenvalue weighted by Gasteiger charge is -2.28. The molecule has 7 heteroatoms. The van der Waals surface area contributed by atoms with E-state index in [1.165, 1.54) is 0 Å². The van der Waals surface area contributed by atoms with Gasteiger partial charge in [-0.1, -0.05) is 0 Å². The van der Waals surface area contributed by atoms with Crippen LogP contribution in [0.3, 0.4) is 0 Å². The van der Waals surface area contributed by atoms with Crippen LogP contribution in [0.1, 0.15) is 43.7 Å². The van der Waals surface area contributed by atoms with Gasteiger partial charge in [-0.15, -0.1) is 0 Å². The van der Waals surface area contributed by atoms with Crippen molar-refractivity contribution < 1.29 is 28.8 Å². The van der Waals surface area contributed by atoms with E-state index in [0.717, 1.165) is 23.3 Å². The number of fused-ring (bicyclic) bond motifs is 7. The number of rotatable bonds is 0. The molecule has 5 rings (SSSR count). The molecule has 0 saturated carbocycles. The summed E-state index contributed by atoms with van der Waals surface area (Å²) >= 11 is 0. The van der Waals surface area contributed by atoms with Gasteiger partial charge in [-0.05, 0) is 55.9 Å². The molecule has 1 aromatic rings. The van der Waals surface area contributed by atoms with Crippen molar-refractivity contribution in [2.45, 2.75) is 63.3 Å². The third-order valence-corrected chi connectivity index (χ3v) is 5.77. The van der Waals surface area contributed by atoms with Gasteiger partial charge in [0.15, 0.2) is 23.4 Å². The van der Waals surface area contributed by atoms with Gasteiger partial charge in [-0.25, -0.2) is 0 Å². The first kappa shape index (κ1) is 16.4. The highest BCUT2D eigenvalue weighted by Gasteiger charge is 2.51. The molecule has 4 atom stereocenters. The van der Waals surface area contributed by atoms with E-state index in [1.807, 2.05) is 17.0 Å². The number of amides is 1. The Morgan fingerprint density at radius 3 is 2.77 bits per heavy atom. The topological polar surface area (TPSA) is 77.5 Å². The van der Waals surface area contributed by atoms with E-state index < -0.39 is 24.1 Å². The Hall–Kier alpha value is -1.83. The SMILES string of the molecule is CC1(C)O[C@H]2[C@@H](O)C[C@@H]3CCN(Cc4cc5c(cc43)OCO5)C(=O)[C@@H]2O1. The summed E-state index contributed by atoms with van der Waals surface area (Å²) in [5.74, 6) is 0.577. The molecule has 4 aliphatic rings. The van der Waals surface area contributed by atoms with Crippen molar-refractivity contribution in [1.82, 2.24) is 4.90 Å². The van der Waals surface area contributed by atoms with Gasteiger partial charge in [0.1, 0.15) is 6.10 Å². The maximum Gasteiger partial charge on any atom is 0.254 e. The standard InChI is InChI=1S/C19H23NO6/c1-19(2)25-16-13(21)5-10-3-4-20(18(22)17(16)26-19)8-11-6-14-15(7-12(10)11)24-9-23-14/h6-7,10,13,16-17,21H,3-5,8-9H2,1-2H3/t10-,13-,16-,17+/m0/s1. The van der Waals surface area contributed by atoms with Crippen LogP contribution in [-0.2, 0) is 20.8 Å². The zero-order chi connectivity index (χ0) is 18.1. The molecular weight excluding hydrogens is 338 g/mol. The Labute approximate surface area is 151 Å². The minimum absolute atomic E-state index is 0.120. The van der Waals surface area contributed by atoms with E-state index in [-0.39, 0.29) is 18.6 Å². The van der Waals surface area contributed by atoms with Gasteiger partial charge in [0.25, 0.3) is 5.91 Å². The fourth-order valence-corrected chi connectivity index (χ4v) is 4.57. The van der Waals surface area contributed by atoms with E-state index in [1.54, 1.807) is 13.8 Å². The van der Waals surface area contributed by atoms with Crippen LogP contribution in [0.15, 0.2) is 12.1 Å². The van der Waals surface area contributed by atoms with Crippen molar-refractivity contribution in [2.75, 3.05) is 13.3 Å². The summed E-state index contributed by atoms with van der Waals surface area (Å²) in [5, 5.41) is 10.9. The number of carbonyl (C=O) groups is 1. The van der Waals surface area contributed by atoms with E-state index in [4.69, 9.17) is 18.9 Å². The van der Waals surface area contributed by atoms with Gasteiger partial charge in [-0.2, -0.15) is 0 Å². The predicted octanol–water partition coefficient (Wildman–Crippen LogP) is 1.52. The lowest BCUT2D eigenvalue weighted by molar-refractivity contribution is -0.165. The van der Waals surface area contributed by atoms with Gasteiger partial charge in [0, 0.05) is 13.1 Å². The third kappa shape index (κ3) is 2.49. The number of aliphatic hydroxyl groups excluding tert-OH is 1. The third-order valence-electron chi connectivity index (χ3n) is 5.77. The second-order valence-corrected chi connectivity index (χ2v) is 7.97. The number of hydrogen-bond acceptors (Lipinski definition) is 6. The van der Waals surface area contributed by atoms with Gasteiger partial charge >= 0.3 is 0 Å². The van der Waals surface area contributed by atoms with Crippen molar-refractivity contribution in [2.24, 2.45) is 0 Å². The van der Waals surface area contributed by atoms with Crippen LogP contribution < -0.4 is 9.47 Å². The molecule has 2 saturated heterocycles. The summed E-state index contributed by atoms with van der Waals surface area (Å²) in [5.41, 5.74) is 2.18. The van der Waals surface area contributed by atoms with Crippen LogP contribution in [-0.4, -0.2) is 53.4 Å². The van der Waals surface area contributed by atoms with Crippen LogP contribution >= 0.6 is 0 Å². The number of aliphatic hydroxyl groups is 1. The molecule has 2 bridgehead atoms. The monoisotopic (exact) mass is 361 g/mol. The van der Waals surface area contributed by atoms with Crippen molar-refractivity contribution in [3.05, 3.63) is 23.3 Å². The fourth-order valence-electron chi connectivity index (χ4n) is 4.57. The molecule has 0 unspecified atom stereocenters. The number of carbonyl (C=O) groups excluding carboxylic acids is 1. The quantitative estimate of drug-likeness (QED) is 0.755. The molecule has 0 radical (unpaired) electrons. The Morgan fingerprint density at radius 2 is 1.96 bits per heavy atom. The summed E-state index contributed by atoms with van der Waals surface area (Å²) in [6, 6.07) is 3.98. The van der Waals surface area contributed by atoms with Crippen molar-refractivity contribution in [3.8, 4) is 11.5 Å². The van der Waals surface area contributed by atoms with Crippen molar-refractivity contribution in [3.63, 3.8) is 0 Å². The summed E-state index contributed by atoms with van der Waals surface area (Å²) in [6.07, 6.45) is -0.871. The summed E-state index contributed by atoms with van der Waals surface area (Å²) in [7, 11) is 0. The minimum Gasteiger partial charge on any atom is -0.454 e. The van der Waals surface area contributed by atoms with Crippen molar-refractivity contribution in [1.29, 1.82) is 0 Å². The van der Waals surface area contributed by atoms with Gasteiger partial charge < -0.3 is 29.0 Å².